The highest BCUT2D eigenvalue weighted by Crippen LogP contribution is 2.37. The molecule has 0 aliphatic carbocycles. The lowest BCUT2D eigenvalue weighted by Crippen LogP contribution is -2.41. The molecule has 4 heterocycles. The average molecular weight is 634 g/mol. The molecule has 2 amide bonds. The molecule has 5 aromatic rings. The lowest BCUT2D eigenvalue weighted by molar-refractivity contribution is 0.0295. The van der Waals surface area contributed by atoms with Crippen LogP contribution in [-0.4, -0.2) is 87.9 Å². The molecular formula is C30H28FN7O6S. The van der Waals surface area contributed by atoms with Crippen LogP contribution in [0.25, 0.3) is 31.8 Å². The quantitative estimate of drug-likeness (QED) is 0.254. The Hall–Kier alpha value is -5.02. The molecule has 3 aromatic heterocycles. The number of benzene rings is 2. The van der Waals surface area contributed by atoms with E-state index in [-0.39, 0.29) is 29.8 Å². The van der Waals surface area contributed by atoms with E-state index in [4.69, 9.17) is 18.9 Å². The number of nitrogens with zero attached hydrogens (tertiary/aromatic N) is 6. The second-order valence-electron chi connectivity index (χ2n) is 10.2. The number of rotatable bonds is 8. The maximum Gasteiger partial charge on any atom is 0.411 e. The summed E-state index contributed by atoms with van der Waals surface area (Å²) in [5.74, 6) is -0.480. The molecule has 1 aliphatic rings. The standard InChI is InChI=1S/C30H28FN7O6S/c1-16-8-19(26-22(9-16)36-25(41-3)14-32-26)28-37-21-10-20(31)23(11-24(21)45-28)44-17(2)15-43-30(40)35-18-12-33-27(34-13-18)29(39)38-4-6-42-7-5-38/h8-14,17H,4-7,15H2,1-3H3,(H,35,40)/t17-/m0/s1. The maximum atomic E-state index is 15.0. The third kappa shape index (κ3) is 6.73. The van der Waals surface area contributed by atoms with E-state index in [2.05, 4.69) is 30.2 Å². The van der Waals surface area contributed by atoms with Gasteiger partial charge in [0, 0.05) is 30.8 Å². The van der Waals surface area contributed by atoms with Crippen LogP contribution in [0, 0.1) is 12.7 Å². The summed E-state index contributed by atoms with van der Waals surface area (Å²) >= 11 is 1.37. The van der Waals surface area contributed by atoms with Crippen LogP contribution in [0.15, 0.2) is 42.9 Å². The molecule has 1 saturated heterocycles. The number of methoxy groups -OCH3 is 1. The zero-order chi connectivity index (χ0) is 31.5. The molecule has 6 rings (SSSR count). The summed E-state index contributed by atoms with van der Waals surface area (Å²) in [4.78, 5) is 48.2. The summed E-state index contributed by atoms with van der Waals surface area (Å²) in [5.41, 5.74) is 3.79. The molecule has 0 spiro atoms. The van der Waals surface area contributed by atoms with Crippen molar-refractivity contribution in [1.29, 1.82) is 0 Å². The highest BCUT2D eigenvalue weighted by molar-refractivity contribution is 7.21. The Bertz CT molecular complexity index is 1880. The van der Waals surface area contributed by atoms with Gasteiger partial charge in [0.05, 0.1) is 65.9 Å². The van der Waals surface area contributed by atoms with Gasteiger partial charge in [0.15, 0.2) is 11.6 Å². The SMILES string of the molecule is COc1cnc2c(-c3nc4cc(F)c(O[C@@H](C)COC(=O)Nc5cnc(C(=O)N6CCOCC6)nc5)cc4s3)cc(C)cc2n1. The van der Waals surface area contributed by atoms with E-state index in [0.29, 0.717) is 58.4 Å². The van der Waals surface area contributed by atoms with Gasteiger partial charge in [-0.3, -0.25) is 10.1 Å². The molecular weight excluding hydrogens is 605 g/mol. The van der Waals surface area contributed by atoms with Crippen molar-refractivity contribution in [1.82, 2.24) is 29.8 Å². The largest absolute Gasteiger partial charge is 0.484 e. The molecule has 0 unspecified atom stereocenters. The highest BCUT2D eigenvalue weighted by Gasteiger charge is 2.21. The molecule has 232 valence electrons. The number of hydrogen-bond donors (Lipinski definition) is 1. The molecule has 0 radical (unpaired) electrons. The summed E-state index contributed by atoms with van der Waals surface area (Å²) in [5, 5.41) is 3.16. The molecule has 1 atom stereocenters. The lowest BCUT2D eigenvalue weighted by Gasteiger charge is -2.25. The molecule has 1 fully saturated rings. The van der Waals surface area contributed by atoms with Gasteiger partial charge in [-0.2, -0.15) is 0 Å². The Morgan fingerprint density at radius 2 is 1.84 bits per heavy atom. The fourth-order valence-corrected chi connectivity index (χ4v) is 5.65. The van der Waals surface area contributed by atoms with Gasteiger partial charge in [-0.25, -0.2) is 34.1 Å². The van der Waals surface area contributed by atoms with E-state index in [1.165, 1.54) is 36.9 Å². The molecule has 0 saturated carbocycles. The number of nitrogens with one attached hydrogen (secondary N) is 1. The van der Waals surface area contributed by atoms with Gasteiger partial charge in [0.1, 0.15) is 17.7 Å². The second-order valence-corrected chi connectivity index (χ2v) is 11.2. The Morgan fingerprint density at radius 1 is 1.07 bits per heavy atom. The average Bonchev–Trinajstić information content (AvgIpc) is 3.46. The number of anilines is 1. The zero-order valence-corrected chi connectivity index (χ0v) is 25.4. The van der Waals surface area contributed by atoms with Crippen LogP contribution in [-0.2, 0) is 9.47 Å². The van der Waals surface area contributed by atoms with Crippen LogP contribution in [0.5, 0.6) is 11.6 Å². The van der Waals surface area contributed by atoms with Gasteiger partial charge in [0.2, 0.25) is 11.7 Å². The van der Waals surface area contributed by atoms with Crippen LogP contribution in [0.2, 0.25) is 0 Å². The third-order valence-corrected chi connectivity index (χ3v) is 7.87. The first kappa shape index (κ1) is 30.0. The fraction of sp³-hybridized carbons (Fsp3) is 0.300. The van der Waals surface area contributed by atoms with Crippen molar-refractivity contribution in [3.63, 3.8) is 0 Å². The topological polar surface area (TPSA) is 151 Å². The van der Waals surface area contributed by atoms with Crippen molar-refractivity contribution < 1.29 is 32.9 Å². The predicted octanol–water partition coefficient (Wildman–Crippen LogP) is 4.64. The van der Waals surface area contributed by atoms with Gasteiger partial charge >= 0.3 is 6.09 Å². The Kier molecular flexibility index (Phi) is 8.62. The molecule has 1 aliphatic heterocycles. The minimum absolute atomic E-state index is 0.00163. The van der Waals surface area contributed by atoms with E-state index < -0.39 is 18.0 Å². The predicted molar refractivity (Wildman–Crippen MR) is 163 cm³/mol. The van der Waals surface area contributed by atoms with Gasteiger partial charge in [-0.05, 0) is 31.5 Å². The van der Waals surface area contributed by atoms with Crippen molar-refractivity contribution in [2.24, 2.45) is 0 Å². The Morgan fingerprint density at radius 3 is 2.60 bits per heavy atom. The first-order valence-corrected chi connectivity index (χ1v) is 14.8. The number of fused-ring (bicyclic) bond motifs is 2. The van der Waals surface area contributed by atoms with Gasteiger partial charge in [-0.15, -0.1) is 11.3 Å². The molecule has 0 bridgehead atoms. The second kappa shape index (κ2) is 12.9. The number of hydrogen-bond acceptors (Lipinski definition) is 12. The first-order valence-electron chi connectivity index (χ1n) is 14.0. The number of halogens is 1. The molecule has 45 heavy (non-hydrogen) atoms. The first-order chi connectivity index (χ1) is 21.8. The van der Waals surface area contributed by atoms with E-state index >= 15 is 4.39 Å². The van der Waals surface area contributed by atoms with Crippen LogP contribution >= 0.6 is 11.3 Å². The molecule has 15 heteroatoms. The van der Waals surface area contributed by atoms with Crippen LogP contribution < -0.4 is 14.8 Å². The number of carbonyl (C=O) groups is 2. The van der Waals surface area contributed by atoms with Crippen LogP contribution in [0.4, 0.5) is 14.9 Å². The molecule has 1 N–H and O–H groups in total. The Labute approximate surface area is 260 Å². The monoisotopic (exact) mass is 633 g/mol. The smallest absolute Gasteiger partial charge is 0.411 e. The number of aryl methyl sites for hydroxylation is 1. The minimum Gasteiger partial charge on any atom is -0.484 e. The highest BCUT2D eigenvalue weighted by atomic mass is 32.1. The maximum absolute atomic E-state index is 15.0. The van der Waals surface area contributed by atoms with Crippen molar-refractivity contribution in [2.45, 2.75) is 20.0 Å². The summed E-state index contributed by atoms with van der Waals surface area (Å²) in [6.07, 6.45) is 2.72. The minimum atomic E-state index is -0.782. The van der Waals surface area contributed by atoms with E-state index in [1.807, 2.05) is 19.1 Å². The summed E-state index contributed by atoms with van der Waals surface area (Å²) in [7, 11) is 1.53. The van der Waals surface area contributed by atoms with Crippen LogP contribution in [0.3, 0.4) is 0 Å². The fourth-order valence-electron chi connectivity index (χ4n) is 4.65. The number of aromatic nitrogens is 5. The number of carbonyl (C=O) groups excluding carboxylic acids is 2. The number of amides is 2. The van der Waals surface area contributed by atoms with Crippen molar-refractivity contribution in [3.05, 3.63) is 60.1 Å². The summed E-state index contributed by atoms with van der Waals surface area (Å²) < 4.78 is 37.2. The normalized spacial score (nSPS) is 13.9. The zero-order valence-electron chi connectivity index (χ0n) is 24.6. The lowest BCUT2D eigenvalue weighted by atomic mass is 10.1. The Balaban J connectivity index is 1.08. The molecule has 2 aromatic carbocycles. The van der Waals surface area contributed by atoms with E-state index in [1.54, 1.807) is 24.1 Å². The van der Waals surface area contributed by atoms with Gasteiger partial charge in [-0.1, -0.05) is 0 Å². The summed E-state index contributed by atoms with van der Waals surface area (Å²) in [6.45, 7) is 5.30. The molecule has 13 nitrogen and oxygen atoms in total. The van der Waals surface area contributed by atoms with Gasteiger partial charge < -0.3 is 23.8 Å². The van der Waals surface area contributed by atoms with Crippen molar-refractivity contribution >= 4 is 50.3 Å². The third-order valence-electron chi connectivity index (χ3n) is 6.82. The van der Waals surface area contributed by atoms with Gasteiger partial charge in [0.25, 0.3) is 5.91 Å². The van der Waals surface area contributed by atoms with E-state index in [0.717, 1.165) is 11.1 Å². The van der Waals surface area contributed by atoms with Crippen molar-refractivity contribution in [2.75, 3.05) is 45.3 Å². The number of thiazole rings is 1. The van der Waals surface area contributed by atoms with E-state index in [9.17, 15) is 9.59 Å². The number of morpholine rings is 1. The van der Waals surface area contributed by atoms with Crippen molar-refractivity contribution in [3.8, 4) is 22.2 Å². The van der Waals surface area contributed by atoms with Crippen LogP contribution in [0.1, 0.15) is 23.1 Å². The summed E-state index contributed by atoms with van der Waals surface area (Å²) in [6, 6.07) is 6.76. The number of ether oxygens (including phenoxy) is 4.